The number of nitrogens with zero attached hydrogens (tertiary/aromatic N) is 2. The average Bonchev–Trinajstić information content (AvgIpc) is 2.27. The van der Waals surface area contributed by atoms with E-state index in [-0.39, 0.29) is 12.1 Å². The van der Waals surface area contributed by atoms with E-state index in [1.54, 1.807) is 6.20 Å². The van der Waals surface area contributed by atoms with E-state index < -0.39 is 5.60 Å². The first-order chi connectivity index (χ1) is 8.35. The van der Waals surface area contributed by atoms with Gasteiger partial charge in [-0.15, -0.1) is 0 Å². The van der Waals surface area contributed by atoms with Crippen molar-refractivity contribution >= 4 is 0 Å². The van der Waals surface area contributed by atoms with Gasteiger partial charge in [0, 0.05) is 25.0 Å². The molecule has 0 spiro atoms. The molecule has 0 amide bonds. The van der Waals surface area contributed by atoms with E-state index >= 15 is 0 Å². The Balaban J connectivity index is 2.96. The van der Waals surface area contributed by atoms with E-state index in [1.807, 2.05) is 39.1 Å². The van der Waals surface area contributed by atoms with Crippen LogP contribution in [0, 0.1) is 0 Å². The summed E-state index contributed by atoms with van der Waals surface area (Å²) in [6.07, 6.45) is 3.61. The van der Waals surface area contributed by atoms with Crippen molar-refractivity contribution in [3.8, 4) is 0 Å². The smallest absolute Gasteiger partial charge is 0.0718 e. The van der Waals surface area contributed by atoms with E-state index in [0.29, 0.717) is 6.54 Å². The highest BCUT2D eigenvalue weighted by Gasteiger charge is 2.27. The van der Waals surface area contributed by atoms with Crippen LogP contribution in [0.5, 0.6) is 0 Å². The quantitative estimate of drug-likeness (QED) is 0.805. The topological polar surface area (TPSA) is 62.4 Å². The first-order valence-corrected chi connectivity index (χ1v) is 6.47. The molecule has 0 aliphatic rings. The van der Waals surface area contributed by atoms with Gasteiger partial charge in [0.25, 0.3) is 0 Å². The van der Waals surface area contributed by atoms with Crippen LogP contribution in [0.3, 0.4) is 0 Å². The first kappa shape index (κ1) is 15.1. The summed E-state index contributed by atoms with van der Waals surface area (Å²) in [7, 11) is 0. The standard InChI is InChI=1S/C14H25N3O/c1-5-17(10-14(3,4)18)13(11(2)15)12-7-6-8-16-9-12/h6-9,11,13,18H,5,10,15H2,1-4H3. The van der Waals surface area contributed by atoms with Gasteiger partial charge in [-0.05, 0) is 38.9 Å². The zero-order valence-corrected chi connectivity index (χ0v) is 11.8. The van der Waals surface area contributed by atoms with Gasteiger partial charge in [-0.2, -0.15) is 0 Å². The summed E-state index contributed by atoms with van der Waals surface area (Å²) in [5, 5.41) is 10.00. The lowest BCUT2D eigenvalue weighted by Gasteiger charge is -2.37. The minimum absolute atomic E-state index is 0.0171. The van der Waals surface area contributed by atoms with Crippen molar-refractivity contribution in [3.63, 3.8) is 0 Å². The van der Waals surface area contributed by atoms with Crippen molar-refractivity contribution in [1.82, 2.24) is 9.88 Å². The Morgan fingerprint density at radius 2 is 2.17 bits per heavy atom. The predicted molar refractivity (Wildman–Crippen MR) is 74.2 cm³/mol. The van der Waals surface area contributed by atoms with Gasteiger partial charge in [0.15, 0.2) is 0 Å². The third-order valence-electron chi connectivity index (χ3n) is 2.91. The number of likely N-dealkylation sites (N-methyl/N-ethyl adjacent to an activating group) is 1. The van der Waals surface area contributed by atoms with Gasteiger partial charge in [0.1, 0.15) is 0 Å². The first-order valence-electron chi connectivity index (χ1n) is 6.47. The molecule has 4 nitrogen and oxygen atoms in total. The van der Waals surface area contributed by atoms with E-state index in [2.05, 4.69) is 16.8 Å². The van der Waals surface area contributed by atoms with Crippen LogP contribution in [0.15, 0.2) is 24.5 Å². The molecular weight excluding hydrogens is 226 g/mol. The van der Waals surface area contributed by atoms with Crippen LogP contribution >= 0.6 is 0 Å². The number of hydrogen-bond donors (Lipinski definition) is 2. The molecule has 2 atom stereocenters. The molecule has 1 aromatic rings. The highest BCUT2D eigenvalue weighted by Crippen LogP contribution is 2.24. The Bertz CT molecular complexity index is 346. The molecule has 1 heterocycles. The SMILES string of the molecule is CCN(CC(C)(C)O)C(c1cccnc1)C(C)N. The fourth-order valence-corrected chi connectivity index (χ4v) is 2.30. The largest absolute Gasteiger partial charge is 0.389 e. The molecule has 3 N–H and O–H groups in total. The average molecular weight is 251 g/mol. The van der Waals surface area contributed by atoms with Gasteiger partial charge in [-0.25, -0.2) is 0 Å². The predicted octanol–water partition coefficient (Wildman–Crippen LogP) is 1.56. The highest BCUT2D eigenvalue weighted by molar-refractivity contribution is 5.16. The number of rotatable bonds is 6. The maximum atomic E-state index is 10.00. The van der Waals surface area contributed by atoms with Crippen LogP contribution in [0.1, 0.15) is 39.3 Å². The molecule has 0 bridgehead atoms. The van der Waals surface area contributed by atoms with Crippen LogP contribution in [0.4, 0.5) is 0 Å². The molecule has 0 saturated heterocycles. The lowest BCUT2D eigenvalue weighted by Crippen LogP contribution is -2.46. The van der Waals surface area contributed by atoms with Crippen LogP contribution in [0.25, 0.3) is 0 Å². The summed E-state index contributed by atoms with van der Waals surface area (Å²) in [4.78, 5) is 6.35. The minimum atomic E-state index is -0.731. The van der Waals surface area contributed by atoms with Crippen LogP contribution < -0.4 is 5.73 Å². The van der Waals surface area contributed by atoms with Gasteiger partial charge >= 0.3 is 0 Å². The third kappa shape index (κ3) is 4.37. The zero-order valence-electron chi connectivity index (χ0n) is 11.8. The molecule has 0 aliphatic heterocycles. The molecule has 0 aliphatic carbocycles. The van der Waals surface area contributed by atoms with Gasteiger partial charge in [-0.3, -0.25) is 9.88 Å². The van der Waals surface area contributed by atoms with Crippen molar-refractivity contribution in [3.05, 3.63) is 30.1 Å². The molecule has 0 radical (unpaired) electrons. The van der Waals surface area contributed by atoms with Crippen molar-refractivity contribution in [1.29, 1.82) is 0 Å². The normalized spacial score (nSPS) is 15.7. The van der Waals surface area contributed by atoms with Crippen LogP contribution in [-0.4, -0.2) is 39.7 Å². The fourth-order valence-electron chi connectivity index (χ4n) is 2.30. The number of nitrogens with two attached hydrogens (primary N) is 1. The summed E-state index contributed by atoms with van der Waals surface area (Å²) in [6, 6.07) is 4.02. The molecular formula is C14H25N3O. The minimum Gasteiger partial charge on any atom is -0.389 e. The summed E-state index contributed by atoms with van der Waals surface area (Å²) < 4.78 is 0. The summed E-state index contributed by atoms with van der Waals surface area (Å²) in [5.74, 6) is 0. The molecule has 0 saturated carbocycles. The molecule has 0 aromatic carbocycles. The molecule has 18 heavy (non-hydrogen) atoms. The number of hydrogen-bond acceptors (Lipinski definition) is 4. The summed E-state index contributed by atoms with van der Waals surface area (Å²) in [5.41, 5.74) is 6.48. The second-order valence-corrected chi connectivity index (χ2v) is 5.47. The summed E-state index contributed by atoms with van der Waals surface area (Å²) in [6.45, 7) is 9.13. The number of aliphatic hydroxyl groups is 1. The summed E-state index contributed by atoms with van der Waals surface area (Å²) >= 11 is 0. The highest BCUT2D eigenvalue weighted by atomic mass is 16.3. The van der Waals surface area contributed by atoms with Gasteiger partial charge < -0.3 is 10.8 Å². The number of aromatic nitrogens is 1. The maximum Gasteiger partial charge on any atom is 0.0718 e. The molecule has 1 rings (SSSR count). The van der Waals surface area contributed by atoms with Crippen LogP contribution in [0.2, 0.25) is 0 Å². The number of pyridine rings is 1. The lowest BCUT2D eigenvalue weighted by atomic mass is 9.98. The van der Waals surface area contributed by atoms with E-state index in [0.717, 1.165) is 12.1 Å². The molecule has 1 aromatic heterocycles. The van der Waals surface area contributed by atoms with Crippen LogP contribution in [-0.2, 0) is 0 Å². The van der Waals surface area contributed by atoms with Gasteiger partial charge in [-0.1, -0.05) is 13.0 Å². The van der Waals surface area contributed by atoms with E-state index in [1.165, 1.54) is 0 Å². The van der Waals surface area contributed by atoms with Gasteiger partial charge in [0.05, 0.1) is 11.6 Å². The second kappa shape index (κ2) is 6.27. The van der Waals surface area contributed by atoms with Crippen molar-refractivity contribution in [2.75, 3.05) is 13.1 Å². The van der Waals surface area contributed by atoms with Crippen molar-refractivity contribution in [2.24, 2.45) is 5.73 Å². The zero-order chi connectivity index (χ0) is 13.8. The van der Waals surface area contributed by atoms with Crippen molar-refractivity contribution < 1.29 is 5.11 Å². The van der Waals surface area contributed by atoms with Gasteiger partial charge in [0.2, 0.25) is 0 Å². The Labute approximate surface area is 110 Å². The Morgan fingerprint density at radius 3 is 2.56 bits per heavy atom. The molecule has 102 valence electrons. The Kier molecular flexibility index (Phi) is 5.26. The third-order valence-corrected chi connectivity index (χ3v) is 2.91. The van der Waals surface area contributed by atoms with Crippen molar-refractivity contribution in [2.45, 2.75) is 45.4 Å². The Hall–Kier alpha value is -0.970. The monoisotopic (exact) mass is 251 g/mol. The molecule has 0 fully saturated rings. The van der Waals surface area contributed by atoms with E-state index in [4.69, 9.17) is 5.73 Å². The molecule has 4 heteroatoms. The van der Waals surface area contributed by atoms with E-state index in [9.17, 15) is 5.11 Å². The second-order valence-electron chi connectivity index (χ2n) is 5.47. The molecule has 2 unspecified atom stereocenters. The lowest BCUT2D eigenvalue weighted by molar-refractivity contribution is 0.0186. The maximum absolute atomic E-state index is 10.00. The Morgan fingerprint density at radius 1 is 1.50 bits per heavy atom. The fraction of sp³-hybridized carbons (Fsp3) is 0.643.